The second-order valence-electron chi connectivity index (χ2n) is 6.30. The second-order valence-corrected chi connectivity index (χ2v) is 6.30. The molecule has 1 aromatic heterocycles. The van der Waals surface area contributed by atoms with Crippen molar-refractivity contribution in [3.05, 3.63) is 64.5 Å². The van der Waals surface area contributed by atoms with Crippen LogP contribution in [0.5, 0.6) is 0 Å². The van der Waals surface area contributed by atoms with Crippen molar-refractivity contribution in [1.82, 2.24) is 9.97 Å². The summed E-state index contributed by atoms with van der Waals surface area (Å²) in [6.07, 6.45) is -4.64. The van der Waals surface area contributed by atoms with Crippen LogP contribution in [0, 0.1) is 4.91 Å². The highest BCUT2D eigenvalue weighted by molar-refractivity contribution is 5.79. The normalized spacial score (nSPS) is 12.4. The van der Waals surface area contributed by atoms with E-state index in [9.17, 15) is 28.0 Å². The summed E-state index contributed by atoms with van der Waals surface area (Å²) in [4.78, 5) is 29.8. The minimum atomic E-state index is -4.64. The lowest BCUT2D eigenvalue weighted by atomic mass is 10.1. The number of alkyl halides is 3. The number of nitrogens with zero attached hydrogens (tertiary/aromatic N) is 2. The summed E-state index contributed by atoms with van der Waals surface area (Å²) in [7, 11) is 0. The van der Waals surface area contributed by atoms with Crippen LogP contribution in [0.2, 0.25) is 0 Å². The van der Waals surface area contributed by atoms with Crippen molar-refractivity contribution in [2.75, 3.05) is 18.5 Å². The minimum Gasteiger partial charge on any atom is -0.507 e. The maximum Gasteiger partial charge on any atom is 0.416 e. The van der Waals surface area contributed by atoms with Gasteiger partial charge in [-0.15, -0.1) is 4.91 Å². The van der Waals surface area contributed by atoms with Gasteiger partial charge >= 0.3 is 12.1 Å². The van der Waals surface area contributed by atoms with Crippen LogP contribution in [0.1, 0.15) is 11.4 Å². The van der Waals surface area contributed by atoms with E-state index in [1.54, 1.807) is 24.3 Å². The fourth-order valence-electron chi connectivity index (χ4n) is 2.60. The van der Waals surface area contributed by atoms with Crippen molar-refractivity contribution in [3.8, 4) is 0 Å². The Balaban J connectivity index is 1.59. The molecule has 3 aromatic rings. The number of aromatic amines is 1. The van der Waals surface area contributed by atoms with Gasteiger partial charge in [-0.3, -0.25) is 4.79 Å². The maximum atomic E-state index is 12.7. The van der Waals surface area contributed by atoms with Crippen LogP contribution in [-0.2, 0) is 15.7 Å². The number of nitrogens with two attached hydrogens (primary N) is 1. The fourth-order valence-corrected chi connectivity index (χ4v) is 2.60. The van der Waals surface area contributed by atoms with E-state index >= 15 is 0 Å². The predicted molar refractivity (Wildman–Crippen MR) is 106 cm³/mol. The van der Waals surface area contributed by atoms with Gasteiger partial charge in [-0.05, 0) is 35.5 Å². The number of aromatic nitrogens is 2. The molecule has 0 fully saturated rings. The molecular formula is C19H16F3N5O4. The van der Waals surface area contributed by atoms with Gasteiger partial charge in [-0.2, -0.15) is 13.2 Å². The molecule has 0 spiro atoms. The number of imidazole rings is 1. The standard InChI is InChI=1S/C19H16F3N5O4/c20-19(21,22)10-5-6-11(14(7-10)27-30)24-8-16(29)31-9-15(28)17(23)18-25-12-3-1-2-4-13(12)26-18/h1-7,24,28H,8-9,23H2,(H,25,26). The molecule has 0 aliphatic heterocycles. The molecule has 9 nitrogen and oxygen atoms in total. The number of aliphatic hydroxyl groups is 1. The molecule has 0 bridgehead atoms. The predicted octanol–water partition coefficient (Wildman–Crippen LogP) is 3.82. The van der Waals surface area contributed by atoms with Gasteiger partial charge in [-0.1, -0.05) is 12.1 Å². The number of esters is 1. The van der Waals surface area contributed by atoms with Crippen LogP contribution in [-0.4, -0.2) is 34.2 Å². The molecule has 0 saturated carbocycles. The Kier molecular flexibility index (Phi) is 6.09. The second kappa shape index (κ2) is 8.73. The van der Waals surface area contributed by atoms with E-state index in [1.807, 2.05) is 0 Å². The topological polar surface area (TPSA) is 143 Å². The van der Waals surface area contributed by atoms with Crippen molar-refractivity contribution >= 4 is 34.1 Å². The zero-order chi connectivity index (χ0) is 22.6. The molecule has 1 heterocycles. The highest BCUT2D eigenvalue weighted by atomic mass is 19.4. The summed E-state index contributed by atoms with van der Waals surface area (Å²) in [6, 6.07) is 9.36. The Hall–Kier alpha value is -4.09. The van der Waals surface area contributed by atoms with Crippen molar-refractivity contribution in [2.24, 2.45) is 10.9 Å². The van der Waals surface area contributed by atoms with E-state index in [4.69, 9.17) is 10.5 Å². The van der Waals surface area contributed by atoms with E-state index < -0.39 is 42.3 Å². The van der Waals surface area contributed by atoms with E-state index in [0.717, 1.165) is 12.1 Å². The summed E-state index contributed by atoms with van der Waals surface area (Å²) < 4.78 is 42.9. The van der Waals surface area contributed by atoms with Crippen molar-refractivity contribution in [2.45, 2.75) is 6.18 Å². The van der Waals surface area contributed by atoms with Crippen LogP contribution in [0.4, 0.5) is 24.5 Å². The number of rotatable bonds is 7. The van der Waals surface area contributed by atoms with E-state index in [0.29, 0.717) is 17.1 Å². The van der Waals surface area contributed by atoms with Crippen molar-refractivity contribution in [3.63, 3.8) is 0 Å². The Morgan fingerprint density at radius 2 is 2.00 bits per heavy atom. The van der Waals surface area contributed by atoms with Gasteiger partial charge in [0.2, 0.25) is 0 Å². The number of carbonyl (C=O) groups excluding carboxylic acids is 1. The van der Waals surface area contributed by atoms with Crippen LogP contribution in [0.3, 0.4) is 0 Å². The average Bonchev–Trinajstić information content (AvgIpc) is 3.18. The third kappa shape index (κ3) is 5.10. The molecule has 3 rings (SSSR count). The molecule has 0 aliphatic carbocycles. The zero-order valence-electron chi connectivity index (χ0n) is 15.7. The summed E-state index contributed by atoms with van der Waals surface area (Å²) in [6.45, 7) is -1.05. The van der Waals surface area contributed by atoms with Crippen molar-refractivity contribution < 1.29 is 27.8 Å². The molecule has 162 valence electrons. The fraction of sp³-hybridized carbons (Fsp3) is 0.158. The number of nitrogens with one attached hydrogen (secondary N) is 2. The van der Waals surface area contributed by atoms with Gasteiger partial charge in [0.1, 0.15) is 17.9 Å². The first-order valence-electron chi connectivity index (χ1n) is 8.76. The number of anilines is 1. The van der Waals surface area contributed by atoms with E-state index in [1.165, 1.54) is 0 Å². The first kappa shape index (κ1) is 21.6. The Labute approximate surface area is 172 Å². The number of hydrogen-bond donors (Lipinski definition) is 4. The Morgan fingerprint density at radius 1 is 1.26 bits per heavy atom. The number of fused-ring (bicyclic) bond motifs is 1. The third-order valence-corrected chi connectivity index (χ3v) is 4.17. The average molecular weight is 435 g/mol. The molecule has 0 amide bonds. The van der Waals surface area contributed by atoms with Gasteiger partial charge < -0.3 is 25.9 Å². The van der Waals surface area contributed by atoms with Gasteiger partial charge in [0.05, 0.1) is 22.3 Å². The monoisotopic (exact) mass is 435 g/mol. The molecular weight excluding hydrogens is 419 g/mol. The maximum absolute atomic E-state index is 12.7. The number of carbonyl (C=O) groups is 1. The van der Waals surface area contributed by atoms with Gasteiger partial charge in [0, 0.05) is 0 Å². The summed E-state index contributed by atoms with van der Waals surface area (Å²) >= 11 is 0. The van der Waals surface area contributed by atoms with Gasteiger partial charge in [-0.25, -0.2) is 4.98 Å². The highest BCUT2D eigenvalue weighted by Gasteiger charge is 2.31. The molecule has 0 atom stereocenters. The molecule has 31 heavy (non-hydrogen) atoms. The van der Waals surface area contributed by atoms with Gasteiger partial charge in [0.15, 0.2) is 18.2 Å². The highest BCUT2D eigenvalue weighted by Crippen LogP contribution is 2.35. The van der Waals surface area contributed by atoms with Gasteiger partial charge in [0.25, 0.3) is 0 Å². The first-order valence-corrected chi connectivity index (χ1v) is 8.76. The summed E-state index contributed by atoms with van der Waals surface area (Å²) in [5.74, 6) is -1.11. The third-order valence-electron chi connectivity index (χ3n) is 4.17. The number of ether oxygens (including phenoxy) is 1. The van der Waals surface area contributed by atoms with Crippen molar-refractivity contribution in [1.29, 1.82) is 0 Å². The Bertz CT molecular complexity index is 1120. The minimum absolute atomic E-state index is 0.0819. The van der Waals surface area contributed by atoms with Crippen LogP contribution in [0.25, 0.3) is 16.7 Å². The number of para-hydroxylation sites is 2. The summed E-state index contributed by atoms with van der Waals surface area (Å²) in [5, 5.41) is 15.0. The van der Waals surface area contributed by atoms with Crippen LogP contribution < -0.4 is 11.1 Å². The largest absolute Gasteiger partial charge is 0.507 e. The molecule has 0 radical (unpaired) electrons. The van der Waals surface area contributed by atoms with E-state index in [2.05, 4.69) is 20.5 Å². The lowest BCUT2D eigenvalue weighted by Gasteiger charge is -2.11. The molecule has 12 heteroatoms. The number of hydrogen-bond acceptors (Lipinski definition) is 8. The quantitative estimate of drug-likeness (QED) is 0.251. The number of benzene rings is 2. The Morgan fingerprint density at radius 3 is 2.68 bits per heavy atom. The number of H-pyrrole nitrogens is 1. The molecule has 0 saturated heterocycles. The zero-order valence-corrected chi connectivity index (χ0v) is 15.7. The molecule has 2 aromatic carbocycles. The number of halogens is 3. The smallest absolute Gasteiger partial charge is 0.416 e. The summed E-state index contributed by atoms with van der Waals surface area (Å²) in [5.41, 5.74) is 5.40. The van der Waals surface area contributed by atoms with E-state index in [-0.39, 0.29) is 17.2 Å². The molecule has 0 unspecified atom stereocenters. The lowest BCUT2D eigenvalue weighted by Crippen LogP contribution is -2.19. The van der Waals surface area contributed by atoms with Crippen LogP contribution >= 0.6 is 0 Å². The lowest BCUT2D eigenvalue weighted by molar-refractivity contribution is -0.141. The first-order chi connectivity index (χ1) is 14.7. The number of aliphatic hydroxyl groups excluding tert-OH is 1. The SMILES string of the molecule is NC(=C(O)COC(=O)CNc1ccc(C(F)(F)F)cc1N=O)c1nc2ccccc2[nH]1. The number of nitroso groups, excluding NO2 is 1. The molecule has 0 aliphatic rings. The van der Waals surface area contributed by atoms with Crippen LogP contribution in [0.15, 0.2) is 53.4 Å². The molecule has 5 N–H and O–H groups in total.